The topological polar surface area (TPSA) is 0 Å². The predicted octanol–water partition coefficient (Wildman–Crippen LogP) is 1.08. The molecule has 0 aliphatic heterocycles. The second-order valence-corrected chi connectivity index (χ2v) is 0. The molecule has 0 aliphatic rings. The van der Waals surface area contributed by atoms with E-state index in [2.05, 4.69) is 0 Å². The van der Waals surface area contributed by atoms with Gasteiger partial charge in [0.2, 0.25) is 0 Å². The Labute approximate surface area is 90.4 Å². The molecule has 0 radical (unpaired) electrons. The van der Waals surface area contributed by atoms with E-state index in [1.54, 1.807) is 0 Å². The normalized spacial score (nSPS) is 0. The van der Waals surface area contributed by atoms with Gasteiger partial charge in [0, 0.05) is 0 Å². The van der Waals surface area contributed by atoms with Gasteiger partial charge in [-0.15, -0.1) is 62.0 Å². The first-order valence-corrected chi connectivity index (χ1v) is 0. The second-order valence-electron chi connectivity index (χ2n) is 0. The Morgan fingerprint density at radius 1 is 0.429 bits per heavy atom. The minimum atomic E-state index is 0. The number of hydrogen-bond donors (Lipinski definition) is 0. The van der Waals surface area contributed by atoms with Gasteiger partial charge in [-0.25, -0.2) is 0 Å². The van der Waals surface area contributed by atoms with Gasteiger partial charge >= 0.3 is 24.4 Å². The molecule has 0 nitrogen and oxygen atoms in total. The third kappa shape index (κ3) is 65.2. The third-order valence-electron chi connectivity index (χ3n) is 0. The van der Waals surface area contributed by atoms with Crippen LogP contribution in [0.2, 0.25) is 0 Å². The van der Waals surface area contributed by atoms with Crippen LogP contribution >= 0.6 is 62.0 Å². The van der Waals surface area contributed by atoms with Crippen LogP contribution in [0.5, 0.6) is 0 Å². The Morgan fingerprint density at radius 3 is 0.429 bits per heavy atom. The van der Waals surface area contributed by atoms with Crippen LogP contribution in [0.25, 0.3) is 0 Å². The molecular formula is H9Cl5FSb. The molecule has 0 aromatic carbocycles. The molecule has 0 amide bonds. The van der Waals surface area contributed by atoms with Crippen LogP contribution in [0.15, 0.2) is 0 Å². The fourth-order valence-electron chi connectivity index (χ4n) is 0. The van der Waals surface area contributed by atoms with E-state index in [0.717, 1.165) is 0 Å². The summed E-state index contributed by atoms with van der Waals surface area (Å²) in [7, 11) is 0. The van der Waals surface area contributed by atoms with Crippen LogP contribution in [0.4, 0.5) is 4.70 Å². The van der Waals surface area contributed by atoms with Crippen molar-refractivity contribution in [2.24, 2.45) is 0 Å². The summed E-state index contributed by atoms with van der Waals surface area (Å²) in [5, 5.41) is 0. The molecule has 0 bridgehead atoms. The fraction of sp³-hybridized carbons (Fsp3) is 0. The maximum atomic E-state index is 0. The molecule has 0 rings (SSSR count). The monoisotopic (exact) mass is 324 g/mol. The molecule has 0 aliphatic carbocycles. The molecule has 0 aromatic heterocycles. The number of hydrogen-bond acceptors (Lipinski definition) is 0. The van der Waals surface area contributed by atoms with Crippen molar-refractivity contribution < 1.29 is 4.70 Å². The van der Waals surface area contributed by atoms with Gasteiger partial charge in [-0.2, -0.15) is 0 Å². The van der Waals surface area contributed by atoms with Gasteiger partial charge in [0.15, 0.2) is 0 Å². The molecule has 0 fully saturated rings. The van der Waals surface area contributed by atoms with Crippen LogP contribution in [0.3, 0.4) is 0 Å². The van der Waals surface area contributed by atoms with Crippen molar-refractivity contribution in [3.05, 3.63) is 0 Å². The summed E-state index contributed by atoms with van der Waals surface area (Å²) >= 11 is 0. The van der Waals surface area contributed by atoms with E-state index < -0.39 is 0 Å². The van der Waals surface area contributed by atoms with Crippen molar-refractivity contribution in [3.8, 4) is 0 Å². The molecule has 0 saturated carbocycles. The fourth-order valence-corrected chi connectivity index (χ4v) is 0. The quantitative estimate of drug-likeness (QED) is 0.584. The van der Waals surface area contributed by atoms with Crippen LogP contribution in [0, 0.1) is 0 Å². The second kappa shape index (κ2) is 87.9. The van der Waals surface area contributed by atoms with Crippen molar-refractivity contribution in [2.75, 3.05) is 0 Å². The first kappa shape index (κ1) is 128. The van der Waals surface area contributed by atoms with Gasteiger partial charge in [-0.05, 0) is 0 Å². The Hall–Kier alpha value is 2.20. The third-order valence-corrected chi connectivity index (χ3v) is 0. The van der Waals surface area contributed by atoms with E-state index in [1.807, 2.05) is 0 Å². The molecule has 0 aromatic rings. The summed E-state index contributed by atoms with van der Waals surface area (Å²) in [4.78, 5) is 0. The van der Waals surface area contributed by atoms with E-state index >= 15 is 0 Å². The van der Waals surface area contributed by atoms with Gasteiger partial charge in [0.25, 0.3) is 0 Å². The molecule has 7 heteroatoms. The van der Waals surface area contributed by atoms with Crippen LogP contribution in [-0.2, 0) is 0 Å². The van der Waals surface area contributed by atoms with Crippen molar-refractivity contribution >= 4 is 86.5 Å². The van der Waals surface area contributed by atoms with Gasteiger partial charge < -0.3 is 0 Å². The van der Waals surface area contributed by atoms with E-state index in [4.69, 9.17) is 0 Å². The molecule has 0 unspecified atom stereocenters. The first-order valence-electron chi connectivity index (χ1n) is 0. The average molecular weight is 327 g/mol. The zero-order valence-corrected chi connectivity index (χ0v) is 11.3. The summed E-state index contributed by atoms with van der Waals surface area (Å²) in [6, 6.07) is 0. The summed E-state index contributed by atoms with van der Waals surface area (Å²) < 4.78 is 0. The van der Waals surface area contributed by atoms with Gasteiger partial charge in [-0.3, -0.25) is 4.70 Å². The van der Waals surface area contributed by atoms with Crippen molar-refractivity contribution in [2.45, 2.75) is 0 Å². The Kier molecular flexibility index (Phi) is 1610. The Morgan fingerprint density at radius 2 is 0.429 bits per heavy atom. The molecule has 0 spiro atoms. The van der Waals surface area contributed by atoms with Crippen LogP contribution in [-0.4, -0.2) is 24.4 Å². The molecule has 0 saturated heterocycles. The zero-order chi connectivity index (χ0) is 0. The van der Waals surface area contributed by atoms with Crippen molar-refractivity contribution in [1.82, 2.24) is 0 Å². The van der Waals surface area contributed by atoms with E-state index in [9.17, 15) is 0 Å². The molecule has 56 valence electrons. The summed E-state index contributed by atoms with van der Waals surface area (Å²) in [5.74, 6) is 0. The standard InChI is InChI=1S/5ClH.FH.Sb.3H/h6*1H;;;;. The van der Waals surface area contributed by atoms with E-state index in [0.29, 0.717) is 0 Å². The minimum absolute atomic E-state index is 0. The van der Waals surface area contributed by atoms with Crippen molar-refractivity contribution in [3.63, 3.8) is 0 Å². The van der Waals surface area contributed by atoms with E-state index in [1.165, 1.54) is 0 Å². The van der Waals surface area contributed by atoms with Gasteiger partial charge in [0.05, 0.1) is 0 Å². The molecule has 0 heterocycles. The van der Waals surface area contributed by atoms with Crippen LogP contribution < -0.4 is 0 Å². The summed E-state index contributed by atoms with van der Waals surface area (Å²) in [5.41, 5.74) is 0. The molecular weight excluding hydrogens is 318 g/mol. The molecule has 0 atom stereocenters. The van der Waals surface area contributed by atoms with Crippen molar-refractivity contribution in [1.29, 1.82) is 0 Å². The predicted molar refractivity (Wildman–Crippen MR) is 48.7 cm³/mol. The maximum absolute atomic E-state index is 0. The van der Waals surface area contributed by atoms with Crippen LogP contribution in [0.1, 0.15) is 0 Å². The SMILES string of the molecule is Cl.Cl.Cl.Cl.Cl.F.[SbH3]. The number of halogens is 6. The number of rotatable bonds is 0. The Bertz CT molecular complexity index is 8.04. The van der Waals surface area contributed by atoms with Gasteiger partial charge in [0.1, 0.15) is 0 Å². The average Bonchev–Trinajstić information content (AvgIpc) is 0. The van der Waals surface area contributed by atoms with Gasteiger partial charge in [-0.1, -0.05) is 0 Å². The summed E-state index contributed by atoms with van der Waals surface area (Å²) in [6.45, 7) is 0. The first-order chi connectivity index (χ1) is 0. The summed E-state index contributed by atoms with van der Waals surface area (Å²) in [6.07, 6.45) is 0. The van der Waals surface area contributed by atoms with E-state index in [-0.39, 0.29) is 91.2 Å². The Balaban J connectivity index is 0. The molecule has 7 heavy (non-hydrogen) atoms. The zero-order valence-electron chi connectivity index (χ0n) is 3.16. The molecule has 0 N–H and O–H groups in total.